The first-order valence-electron chi connectivity index (χ1n) is 5.84. The van der Waals surface area contributed by atoms with Crippen molar-refractivity contribution < 1.29 is 0 Å². The minimum absolute atomic E-state index is 0.515. The molecule has 2 unspecified atom stereocenters. The topological polar surface area (TPSA) is 48.7 Å². The molecule has 1 aliphatic rings. The predicted molar refractivity (Wildman–Crippen MR) is 64.1 cm³/mol. The van der Waals surface area contributed by atoms with Crippen molar-refractivity contribution in [3.05, 3.63) is 23.4 Å². The molecule has 16 heavy (non-hydrogen) atoms. The molecular formula is C13H17N3. The van der Waals surface area contributed by atoms with E-state index in [0.717, 1.165) is 11.5 Å². The zero-order valence-corrected chi connectivity index (χ0v) is 9.83. The molecule has 0 spiro atoms. The van der Waals surface area contributed by atoms with Crippen LogP contribution in [0.15, 0.2) is 12.1 Å². The van der Waals surface area contributed by atoms with Crippen LogP contribution in [0.5, 0.6) is 0 Å². The van der Waals surface area contributed by atoms with E-state index in [4.69, 9.17) is 5.26 Å². The van der Waals surface area contributed by atoms with Gasteiger partial charge >= 0.3 is 0 Å². The number of nitrogens with zero attached hydrogens (tertiary/aromatic N) is 2. The molecule has 1 saturated carbocycles. The minimum Gasteiger partial charge on any atom is -0.367 e. The van der Waals surface area contributed by atoms with Gasteiger partial charge in [0.1, 0.15) is 5.82 Å². The number of pyridine rings is 1. The zero-order valence-electron chi connectivity index (χ0n) is 9.83. The van der Waals surface area contributed by atoms with Crippen LogP contribution in [0.4, 0.5) is 5.82 Å². The van der Waals surface area contributed by atoms with Crippen molar-refractivity contribution in [2.24, 2.45) is 5.92 Å². The summed E-state index contributed by atoms with van der Waals surface area (Å²) in [5.41, 5.74) is 1.58. The Morgan fingerprint density at radius 2 is 2.25 bits per heavy atom. The number of aryl methyl sites for hydroxylation is 1. The Bertz CT molecular complexity index is 420. The highest BCUT2D eigenvalue weighted by Gasteiger charge is 2.23. The summed E-state index contributed by atoms with van der Waals surface area (Å²) in [7, 11) is 0. The van der Waals surface area contributed by atoms with Crippen LogP contribution in [0, 0.1) is 24.2 Å². The van der Waals surface area contributed by atoms with Gasteiger partial charge in [-0.2, -0.15) is 5.26 Å². The lowest BCUT2D eigenvalue weighted by molar-refractivity contribution is 0.555. The Balaban J connectivity index is 2.15. The monoisotopic (exact) mass is 215 g/mol. The first-order chi connectivity index (χ1) is 7.69. The van der Waals surface area contributed by atoms with Gasteiger partial charge in [-0.05, 0) is 37.8 Å². The van der Waals surface area contributed by atoms with Gasteiger partial charge in [0.25, 0.3) is 0 Å². The second-order valence-corrected chi connectivity index (χ2v) is 4.65. The maximum atomic E-state index is 8.89. The Morgan fingerprint density at radius 1 is 1.44 bits per heavy atom. The molecular weight excluding hydrogens is 198 g/mol. The molecule has 0 aliphatic heterocycles. The van der Waals surface area contributed by atoms with E-state index < -0.39 is 0 Å². The average Bonchev–Trinajstić information content (AvgIpc) is 2.63. The van der Waals surface area contributed by atoms with Gasteiger partial charge in [0.15, 0.2) is 0 Å². The smallest absolute Gasteiger partial charge is 0.127 e. The van der Waals surface area contributed by atoms with Gasteiger partial charge in [-0.15, -0.1) is 0 Å². The Kier molecular flexibility index (Phi) is 3.09. The van der Waals surface area contributed by atoms with E-state index in [0.29, 0.717) is 17.5 Å². The number of hydrogen-bond acceptors (Lipinski definition) is 3. The molecule has 1 heterocycles. The van der Waals surface area contributed by atoms with Gasteiger partial charge in [0, 0.05) is 11.7 Å². The van der Waals surface area contributed by atoms with E-state index in [1.165, 1.54) is 19.3 Å². The minimum atomic E-state index is 0.515. The highest BCUT2D eigenvalue weighted by molar-refractivity contribution is 5.45. The summed E-state index contributed by atoms with van der Waals surface area (Å²) >= 11 is 0. The van der Waals surface area contributed by atoms with Crippen molar-refractivity contribution in [3.8, 4) is 6.07 Å². The van der Waals surface area contributed by atoms with E-state index in [2.05, 4.69) is 23.3 Å². The van der Waals surface area contributed by atoms with E-state index >= 15 is 0 Å². The first-order valence-corrected chi connectivity index (χ1v) is 5.84. The molecule has 1 fully saturated rings. The number of hydrogen-bond donors (Lipinski definition) is 1. The third-order valence-corrected chi connectivity index (χ3v) is 3.28. The number of aromatic nitrogens is 1. The van der Waals surface area contributed by atoms with E-state index in [1.54, 1.807) is 0 Å². The molecule has 1 aromatic heterocycles. The summed E-state index contributed by atoms with van der Waals surface area (Å²) in [5.74, 6) is 1.54. The molecule has 1 aromatic rings. The summed E-state index contributed by atoms with van der Waals surface area (Å²) in [4.78, 5) is 4.42. The van der Waals surface area contributed by atoms with E-state index in [1.807, 2.05) is 19.1 Å². The van der Waals surface area contributed by atoms with Crippen LogP contribution in [0.1, 0.15) is 37.4 Å². The van der Waals surface area contributed by atoms with Crippen molar-refractivity contribution in [1.82, 2.24) is 4.98 Å². The molecule has 0 radical (unpaired) electrons. The largest absolute Gasteiger partial charge is 0.367 e. The highest BCUT2D eigenvalue weighted by Crippen LogP contribution is 2.27. The van der Waals surface area contributed by atoms with Crippen LogP contribution in [-0.4, -0.2) is 11.0 Å². The number of anilines is 1. The third kappa shape index (κ3) is 2.33. The Morgan fingerprint density at radius 3 is 2.88 bits per heavy atom. The molecule has 0 bridgehead atoms. The summed E-state index contributed by atoms with van der Waals surface area (Å²) in [6.45, 7) is 4.19. The number of rotatable bonds is 2. The van der Waals surface area contributed by atoms with Crippen LogP contribution in [0.3, 0.4) is 0 Å². The molecule has 2 rings (SSSR count). The van der Waals surface area contributed by atoms with Crippen LogP contribution >= 0.6 is 0 Å². The fourth-order valence-corrected chi connectivity index (χ4v) is 2.36. The molecule has 3 nitrogen and oxygen atoms in total. The number of nitriles is 1. The molecule has 3 heteroatoms. The quantitative estimate of drug-likeness (QED) is 0.825. The highest BCUT2D eigenvalue weighted by atomic mass is 15.0. The molecule has 0 saturated heterocycles. The second kappa shape index (κ2) is 4.52. The van der Waals surface area contributed by atoms with Crippen molar-refractivity contribution in [3.63, 3.8) is 0 Å². The van der Waals surface area contributed by atoms with Gasteiger partial charge in [-0.3, -0.25) is 0 Å². The normalized spacial score (nSPS) is 24.1. The van der Waals surface area contributed by atoms with Crippen molar-refractivity contribution in [2.45, 2.75) is 39.2 Å². The van der Waals surface area contributed by atoms with Crippen LogP contribution in [0.25, 0.3) is 0 Å². The summed E-state index contributed by atoms with van der Waals surface area (Å²) in [5, 5.41) is 12.3. The van der Waals surface area contributed by atoms with Crippen molar-refractivity contribution >= 4 is 5.82 Å². The van der Waals surface area contributed by atoms with Gasteiger partial charge in [0.2, 0.25) is 0 Å². The van der Waals surface area contributed by atoms with E-state index in [-0.39, 0.29) is 0 Å². The lowest BCUT2D eigenvalue weighted by atomic mass is 10.1. The maximum absolute atomic E-state index is 8.89. The lowest BCUT2D eigenvalue weighted by Gasteiger charge is -2.18. The average molecular weight is 215 g/mol. The van der Waals surface area contributed by atoms with Gasteiger partial charge in [-0.25, -0.2) is 4.98 Å². The van der Waals surface area contributed by atoms with Crippen LogP contribution in [0.2, 0.25) is 0 Å². The molecule has 84 valence electrons. The van der Waals surface area contributed by atoms with Crippen LogP contribution in [-0.2, 0) is 0 Å². The van der Waals surface area contributed by atoms with Gasteiger partial charge < -0.3 is 5.32 Å². The molecule has 2 atom stereocenters. The lowest BCUT2D eigenvalue weighted by Crippen LogP contribution is -2.22. The fourth-order valence-electron chi connectivity index (χ4n) is 2.36. The van der Waals surface area contributed by atoms with Crippen LogP contribution < -0.4 is 5.32 Å². The predicted octanol–water partition coefficient (Wildman–Crippen LogP) is 2.86. The fraction of sp³-hybridized carbons (Fsp3) is 0.538. The molecule has 1 N–H and O–H groups in total. The van der Waals surface area contributed by atoms with Crippen molar-refractivity contribution in [1.29, 1.82) is 5.26 Å². The van der Waals surface area contributed by atoms with Crippen molar-refractivity contribution in [2.75, 3.05) is 5.32 Å². The van der Waals surface area contributed by atoms with E-state index in [9.17, 15) is 0 Å². The number of nitrogens with one attached hydrogen (secondary N) is 1. The third-order valence-electron chi connectivity index (χ3n) is 3.28. The SMILES string of the molecule is Cc1cc(C#N)cc(NC2CCCC2C)n1. The molecule has 0 amide bonds. The maximum Gasteiger partial charge on any atom is 0.127 e. The molecule has 1 aliphatic carbocycles. The Labute approximate surface area is 96.5 Å². The molecule has 0 aromatic carbocycles. The van der Waals surface area contributed by atoms with Gasteiger partial charge in [-0.1, -0.05) is 13.3 Å². The first kappa shape index (κ1) is 10.9. The van der Waals surface area contributed by atoms with Gasteiger partial charge in [0.05, 0.1) is 11.6 Å². The standard InChI is InChI=1S/C13H17N3/c1-9-4-3-5-12(9)16-13-7-11(8-14)6-10(2)15-13/h6-7,9,12H,3-5H2,1-2H3,(H,15,16). The zero-order chi connectivity index (χ0) is 11.5. The Hall–Kier alpha value is -1.56. The summed E-state index contributed by atoms with van der Waals surface area (Å²) < 4.78 is 0. The summed E-state index contributed by atoms with van der Waals surface area (Å²) in [6.07, 6.45) is 3.78. The second-order valence-electron chi connectivity index (χ2n) is 4.65. The summed E-state index contributed by atoms with van der Waals surface area (Å²) in [6, 6.07) is 6.32.